The van der Waals surface area contributed by atoms with Crippen LogP contribution in [0.1, 0.15) is 39.0 Å². The Hall–Kier alpha value is -0.790. The molecule has 0 atom stereocenters. The molecular weight excluding hydrogens is 164 g/mol. The normalized spacial score (nSPS) is 10.6. The lowest BCUT2D eigenvalue weighted by molar-refractivity contribution is -0.137. The van der Waals surface area contributed by atoms with Crippen molar-refractivity contribution in [3.63, 3.8) is 0 Å². The van der Waals surface area contributed by atoms with Gasteiger partial charge < -0.3 is 4.74 Å². The zero-order valence-electron chi connectivity index (χ0n) is 8.42. The van der Waals surface area contributed by atoms with Gasteiger partial charge in [0.05, 0.1) is 6.61 Å². The van der Waals surface area contributed by atoms with Crippen molar-refractivity contribution in [2.45, 2.75) is 39.0 Å². The number of ether oxygens (including phenoxy) is 1. The minimum absolute atomic E-state index is 0.232. The van der Waals surface area contributed by atoms with Crippen molar-refractivity contribution in [1.82, 2.24) is 0 Å². The van der Waals surface area contributed by atoms with E-state index in [1.54, 1.807) is 6.08 Å². The van der Waals surface area contributed by atoms with Crippen molar-refractivity contribution < 1.29 is 9.53 Å². The summed E-state index contributed by atoms with van der Waals surface area (Å²) in [6.07, 6.45) is 8.17. The lowest BCUT2D eigenvalue weighted by Crippen LogP contribution is -2.01. The molecule has 0 aliphatic carbocycles. The van der Waals surface area contributed by atoms with E-state index in [9.17, 15) is 4.79 Å². The van der Waals surface area contributed by atoms with E-state index in [1.807, 2.05) is 0 Å². The SMILES string of the molecule is [CH2]CCC=CC(=O)OCCCCC. The topological polar surface area (TPSA) is 26.3 Å². The molecule has 0 saturated carbocycles. The number of carbonyl (C=O) groups excluding carboxylic acids is 1. The Morgan fingerprint density at radius 3 is 2.85 bits per heavy atom. The minimum Gasteiger partial charge on any atom is -0.463 e. The molecule has 0 fully saturated rings. The quantitative estimate of drug-likeness (QED) is 0.344. The Morgan fingerprint density at radius 1 is 1.46 bits per heavy atom. The lowest BCUT2D eigenvalue weighted by Gasteiger charge is -1.99. The van der Waals surface area contributed by atoms with E-state index in [0.29, 0.717) is 6.61 Å². The molecule has 0 aromatic carbocycles. The summed E-state index contributed by atoms with van der Waals surface area (Å²) in [6.45, 7) is 6.33. The first-order chi connectivity index (χ1) is 6.31. The number of allylic oxidation sites excluding steroid dienone is 1. The van der Waals surface area contributed by atoms with Gasteiger partial charge in [0.2, 0.25) is 0 Å². The first kappa shape index (κ1) is 12.2. The molecule has 0 N–H and O–H groups in total. The highest BCUT2D eigenvalue weighted by Gasteiger charge is 1.94. The molecule has 2 nitrogen and oxygen atoms in total. The molecule has 0 heterocycles. The van der Waals surface area contributed by atoms with Gasteiger partial charge in [-0.2, -0.15) is 0 Å². The van der Waals surface area contributed by atoms with Crippen LogP contribution in [0.4, 0.5) is 0 Å². The van der Waals surface area contributed by atoms with Gasteiger partial charge in [0, 0.05) is 6.08 Å². The molecule has 0 aromatic heterocycles. The van der Waals surface area contributed by atoms with Gasteiger partial charge in [-0.05, 0) is 19.3 Å². The summed E-state index contributed by atoms with van der Waals surface area (Å²) in [5.41, 5.74) is 0. The van der Waals surface area contributed by atoms with Crippen molar-refractivity contribution in [2.24, 2.45) is 0 Å². The van der Waals surface area contributed by atoms with E-state index in [2.05, 4.69) is 13.8 Å². The highest BCUT2D eigenvalue weighted by molar-refractivity contribution is 5.81. The second-order valence-corrected chi connectivity index (χ2v) is 2.92. The monoisotopic (exact) mass is 183 g/mol. The number of unbranched alkanes of at least 4 members (excludes halogenated alkanes) is 3. The van der Waals surface area contributed by atoms with Gasteiger partial charge in [-0.3, -0.25) is 0 Å². The standard InChI is InChI=1S/C11H19O2/c1-3-5-7-9-11(12)13-10-8-6-4-2/h7,9H,1,3-6,8,10H2,2H3. The molecule has 0 unspecified atom stereocenters. The molecule has 0 spiro atoms. The van der Waals surface area contributed by atoms with Crippen molar-refractivity contribution in [3.8, 4) is 0 Å². The summed E-state index contributed by atoms with van der Waals surface area (Å²) in [6, 6.07) is 0. The van der Waals surface area contributed by atoms with Crippen LogP contribution in [0.25, 0.3) is 0 Å². The molecule has 75 valence electrons. The van der Waals surface area contributed by atoms with Gasteiger partial charge in [0.1, 0.15) is 0 Å². The third kappa shape index (κ3) is 9.12. The minimum atomic E-state index is -0.232. The van der Waals surface area contributed by atoms with E-state index in [4.69, 9.17) is 4.74 Å². The number of esters is 1. The van der Waals surface area contributed by atoms with Gasteiger partial charge in [-0.25, -0.2) is 4.79 Å². The molecule has 0 amide bonds. The highest BCUT2D eigenvalue weighted by Crippen LogP contribution is 1.95. The third-order valence-electron chi connectivity index (χ3n) is 1.62. The zero-order valence-corrected chi connectivity index (χ0v) is 8.42. The fourth-order valence-corrected chi connectivity index (χ4v) is 0.870. The van der Waals surface area contributed by atoms with Crippen LogP contribution >= 0.6 is 0 Å². The van der Waals surface area contributed by atoms with E-state index in [-0.39, 0.29) is 5.97 Å². The van der Waals surface area contributed by atoms with Gasteiger partial charge in [-0.1, -0.05) is 32.8 Å². The summed E-state index contributed by atoms with van der Waals surface area (Å²) in [5.74, 6) is -0.232. The molecule has 2 heteroatoms. The molecule has 1 radical (unpaired) electrons. The van der Waals surface area contributed by atoms with Crippen molar-refractivity contribution in [1.29, 1.82) is 0 Å². The molecule has 0 aliphatic rings. The first-order valence-corrected chi connectivity index (χ1v) is 4.93. The summed E-state index contributed by atoms with van der Waals surface area (Å²) < 4.78 is 4.94. The van der Waals surface area contributed by atoms with Gasteiger partial charge in [-0.15, -0.1) is 0 Å². The first-order valence-electron chi connectivity index (χ1n) is 4.93. The lowest BCUT2D eigenvalue weighted by atomic mass is 10.3. The average molecular weight is 183 g/mol. The fraction of sp³-hybridized carbons (Fsp3) is 0.636. The summed E-state index contributed by atoms with van der Waals surface area (Å²) in [5, 5.41) is 0. The second-order valence-electron chi connectivity index (χ2n) is 2.92. The molecule has 0 aromatic rings. The molecule has 0 aliphatic heterocycles. The van der Waals surface area contributed by atoms with E-state index < -0.39 is 0 Å². The maximum Gasteiger partial charge on any atom is 0.330 e. The molecule has 0 saturated heterocycles. The van der Waals surface area contributed by atoms with E-state index >= 15 is 0 Å². The molecular formula is C11H19O2. The van der Waals surface area contributed by atoms with Crippen LogP contribution in [0, 0.1) is 6.92 Å². The Balaban J connectivity index is 3.29. The van der Waals surface area contributed by atoms with Crippen LogP contribution in [0.5, 0.6) is 0 Å². The maximum absolute atomic E-state index is 11.0. The Morgan fingerprint density at radius 2 is 2.23 bits per heavy atom. The fourth-order valence-electron chi connectivity index (χ4n) is 0.870. The largest absolute Gasteiger partial charge is 0.463 e. The Bertz CT molecular complexity index is 150. The van der Waals surface area contributed by atoms with Crippen molar-refractivity contribution in [2.75, 3.05) is 6.61 Å². The number of hydrogen-bond acceptors (Lipinski definition) is 2. The molecule has 13 heavy (non-hydrogen) atoms. The Kier molecular flexibility index (Phi) is 8.73. The average Bonchev–Trinajstić information content (AvgIpc) is 2.13. The van der Waals surface area contributed by atoms with E-state index in [0.717, 1.165) is 32.1 Å². The van der Waals surface area contributed by atoms with Gasteiger partial charge in [0.15, 0.2) is 0 Å². The van der Waals surface area contributed by atoms with Crippen molar-refractivity contribution in [3.05, 3.63) is 19.1 Å². The van der Waals surface area contributed by atoms with E-state index in [1.165, 1.54) is 6.08 Å². The van der Waals surface area contributed by atoms with Crippen LogP contribution in [0.2, 0.25) is 0 Å². The van der Waals surface area contributed by atoms with Crippen LogP contribution in [0.3, 0.4) is 0 Å². The number of hydrogen-bond donors (Lipinski definition) is 0. The van der Waals surface area contributed by atoms with Gasteiger partial charge >= 0.3 is 5.97 Å². The predicted octanol–water partition coefficient (Wildman–Crippen LogP) is 2.89. The van der Waals surface area contributed by atoms with Crippen LogP contribution in [0.15, 0.2) is 12.2 Å². The summed E-state index contributed by atoms with van der Waals surface area (Å²) in [4.78, 5) is 11.0. The second kappa shape index (κ2) is 9.30. The highest BCUT2D eigenvalue weighted by atomic mass is 16.5. The molecule has 0 rings (SSSR count). The zero-order chi connectivity index (χ0) is 9.94. The van der Waals surface area contributed by atoms with Crippen LogP contribution < -0.4 is 0 Å². The maximum atomic E-state index is 11.0. The van der Waals surface area contributed by atoms with Crippen LogP contribution in [-0.4, -0.2) is 12.6 Å². The van der Waals surface area contributed by atoms with Gasteiger partial charge in [0.25, 0.3) is 0 Å². The predicted molar refractivity (Wildman–Crippen MR) is 54.2 cm³/mol. The van der Waals surface area contributed by atoms with Crippen molar-refractivity contribution >= 4 is 5.97 Å². The number of rotatable bonds is 7. The Labute approximate surface area is 81.0 Å². The smallest absolute Gasteiger partial charge is 0.330 e. The summed E-state index contributed by atoms with van der Waals surface area (Å²) in [7, 11) is 0. The number of carbonyl (C=O) groups is 1. The molecule has 0 bridgehead atoms. The third-order valence-corrected chi connectivity index (χ3v) is 1.62. The summed E-state index contributed by atoms with van der Waals surface area (Å²) >= 11 is 0. The van der Waals surface area contributed by atoms with Crippen LogP contribution in [-0.2, 0) is 9.53 Å².